The summed E-state index contributed by atoms with van der Waals surface area (Å²) in [6.07, 6.45) is 1.53. The molecule has 0 aliphatic rings. The topological polar surface area (TPSA) is 88.2 Å². The van der Waals surface area contributed by atoms with Gasteiger partial charge in [0.1, 0.15) is 5.82 Å². The number of nitrogens with zero attached hydrogens (tertiary/aromatic N) is 1. The van der Waals surface area contributed by atoms with E-state index in [0.29, 0.717) is 0 Å². The molecule has 0 aliphatic carbocycles. The second-order valence-corrected chi connectivity index (χ2v) is 6.27. The number of rotatable bonds is 3. The van der Waals surface area contributed by atoms with Gasteiger partial charge >= 0.3 is 6.03 Å². The number of benzene rings is 1. The highest BCUT2D eigenvalue weighted by molar-refractivity contribution is 7.90. The van der Waals surface area contributed by atoms with Crippen LogP contribution in [0, 0.1) is 13.8 Å². The molecule has 7 heteroatoms. The van der Waals surface area contributed by atoms with Gasteiger partial charge in [0.15, 0.2) is 0 Å². The number of amides is 2. The van der Waals surface area contributed by atoms with E-state index in [1.807, 2.05) is 18.6 Å². The normalized spacial score (nSPS) is 11.0. The molecule has 6 nitrogen and oxygen atoms in total. The first-order chi connectivity index (χ1) is 9.87. The molecular formula is C14H15N3O3S. The molecule has 21 heavy (non-hydrogen) atoms. The number of hydrogen-bond acceptors (Lipinski definition) is 4. The van der Waals surface area contributed by atoms with Gasteiger partial charge in [0, 0.05) is 6.20 Å². The average Bonchev–Trinajstić information content (AvgIpc) is 2.38. The zero-order valence-electron chi connectivity index (χ0n) is 11.6. The quantitative estimate of drug-likeness (QED) is 0.910. The van der Waals surface area contributed by atoms with Crippen molar-refractivity contribution >= 4 is 21.9 Å². The maximum Gasteiger partial charge on any atom is 0.334 e. The van der Waals surface area contributed by atoms with Crippen molar-refractivity contribution in [3.63, 3.8) is 0 Å². The van der Waals surface area contributed by atoms with E-state index in [4.69, 9.17) is 0 Å². The Bertz CT molecular complexity index is 755. The van der Waals surface area contributed by atoms with Gasteiger partial charge in [0.2, 0.25) is 0 Å². The SMILES string of the molecule is Cc1ccc(S(=O)(=O)NC(=O)Nc2cc(C)ccn2)cc1. The molecule has 0 saturated heterocycles. The fourth-order valence-corrected chi connectivity index (χ4v) is 2.55. The Hall–Kier alpha value is -2.41. The maximum absolute atomic E-state index is 12.0. The average molecular weight is 305 g/mol. The van der Waals surface area contributed by atoms with Crippen LogP contribution in [0.4, 0.5) is 10.6 Å². The number of carbonyl (C=O) groups excluding carboxylic acids is 1. The molecule has 0 atom stereocenters. The molecule has 0 fully saturated rings. The molecule has 2 amide bonds. The van der Waals surface area contributed by atoms with Gasteiger partial charge in [-0.1, -0.05) is 17.7 Å². The zero-order chi connectivity index (χ0) is 15.5. The number of nitrogens with one attached hydrogen (secondary N) is 2. The van der Waals surface area contributed by atoms with E-state index in [0.717, 1.165) is 11.1 Å². The van der Waals surface area contributed by atoms with Gasteiger partial charge in [0.25, 0.3) is 10.0 Å². The number of urea groups is 1. The van der Waals surface area contributed by atoms with Crippen LogP contribution in [0.2, 0.25) is 0 Å². The standard InChI is InChI=1S/C14H15N3O3S/c1-10-3-5-12(6-4-10)21(19,20)17-14(18)16-13-9-11(2)7-8-15-13/h3-9H,1-2H3,(H2,15,16,17,18). The van der Waals surface area contributed by atoms with Crippen molar-refractivity contribution in [3.8, 4) is 0 Å². The maximum atomic E-state index is 12.0. The Labute approximate surface area is 123 Å². The summed E-state index contributed by atoms with van der Waals surface area (Å²) in [6.45, 7) is 3.69. The Morgan fingerprint density at radius 2 is 1.71 bits per heavy atom. The summed E-state index contributed by atoms with van der Waals surface area (Å²) in [4.78, 5) is 15.7. The van der Waals surface area contributed by atoms with E-state index in [2.05, 4.69) is 10.3 Å². The fraction of sp³-hybridized carbons (Fsp3) is 0.143. The number of hydrogen-bond donors (Lipinski definition) is 2. The van der Waals surface area contributed by atoms with Crippen LogP contribution >= 0.6 is 0 Å². The Balaban J connectivity index is 2.09. The second kappa shape index (κ2) is 5.92. The molecule has 0 radical (unpaired) electrons. The highest BCUT2D eigenvalue weighted by Gasteiger charge is 2.17. The third-order valence-corrected chi connectivity index (χ3v) is 4.06. The van der Waals surface area contributed by atoms with Crippen LogP contribution in [0.3, 0.4) is 0 Å². The van der Waals surface area contributed by atoms with Gasteiger partial charge in [-0.2, -0.15) is 0 Å². The largest absolute Gasteiger partial charge is 0.334 e. The van der Waals surface area contributed by atoms with E-state index in [9.17, 15) is 13.2 Å². The monoisotopic (exact) mass is 305 g/mol. The molecule has 1 aromatic carbocycles. The summed E-state index contributed by atoms with van der Waals surface area (Å²) >= 11 is 0. The molecule has 1 aromatic heterocycles. The molecule has 1 heterocycles. The first kappa shape index (κ1) is 15.0. The molecule has 0 aliphatic heterocycles. The smallest absolute Gasteiger partial charge is 0.292 e. The van der Waals surface area contributed by atoms with Crippen LogP contribution in [0.25, 0.3) is 0 Å². The van der Waals surface area contributed by atoms with Gasteiger partial charge in [-0.3, -0.25) is 5.32 Å². The molecular weight excluding hydrogens is 290 g/mol. The molecule has 110 valence electrons. The van der Waals surface area contributed by atoms with Gasteiger partial charge in [-0.25, -0.2) is 22.9 Å². The summed E-state index contributed by atoms with van der Waals surface area (Å²) < 4.78 is 26.0. The summed E-state index contributed by atoms with van der Waals surface area (Å²) in [6, 6.07) is 8.76. The highest BCUT2D eigenvalue weighted by atomic mass is 32.2. The van der Waals surface area contributed by atoms with Gasteiger partial charge < -0.3 is 0 Å². The Kier molecular flexibility index (Phi) is 4.23. The van der Waals surface area contributed by atoms with E-state index in [-0.39, 0.29) is 10.7 Å². The number of carbonyl (C=O) groups is 1. The van der Waals surface area contributed by atoms with Gasteiger partial charge in [0.05, 0.1) is 4.90 Å². The van der Waals surface area contributed by atoms with Crippen LogP contribution in [-0.4, -0.2) is 19.4 Å². The van der Waals surface area contributed by atoms with Crippen molar-refractivity contribution in [2.24, 2.45) is 0 Å². The van der Waals surface area contributed by atoms with Crippen molar-refractivity contribution in [3.05, 3.63) is 53.7 Å². The van der Waals surface area contributed by atoms with E-state index < -0.39 is 16.1 Å². The zero-order valence-corrected chi connectivity index (χ0v) is 12.4. The molecule has 2 aromatic rings. The number of aryl methyl sites for hydroxylation is 2. The predicted octanol–water partition coefficient (Wildman–Crippen LogP) is 2.21. The van der Waals surface area contributed by atoms with Crippen molar-refractivity contribution in [1.82, 2.24) is 9.71 Å². The lowest BCUT2D eigenvalue weighted by Crippen LogP contribution is -2.34. The molecule has 0 spiro atoms. The summed E-state index contributed by atoms with van der Waals surface area (Å²) in [5.74, 6) is 0.284. The lowest BCUT2D eigenvalue weighted by molar-refractivity contribution is 0.256. The predicted molar refractivity (Wildman–Crippen MR) is 79.5 cm³/mol. The molecule has 2 N–H and O–H groups in total. The van der Waals surface area contributed by atoms with Crippen molar-refractivity contribution in [1.29, 1.82) is 0 Å². The molecule has 0 saturated carbocycles. The number of pyridine rings is 1. The molecule has 0 bridgehead atoms. The lowest BCUT2D eigenvalue weighted by Gasteiger charge is -2.08. The Morgan fingerprint density at radius 3 is 2.33 bits per heavy atom. The van der Waals surface area contributed by atoms with Crippen LogP contribution in [-0.2, 0) is 10.0 Å². The minimum absolute atomic E-state index is 0.0282. The van der Waals surface area contributed by atoms with Crippen LogP contribution in [0.5, 0.6) is 0 Å². The number of sulfonamides is 1. The summed E-state index contributed by atoms with van der Waals surface area (Å²) in [7, 11) is -3.90. The summed E-state index contributed by atoms with van der Waals surface area (Å²) in [5, 5.41) is 2.38. The van der Waals surface area contributed by atoms with Gasteiger partial charge in [-0.05, 0) is 43.7 Å². The summed E-state index contributed by atoms with van der Waals surface area (Å²) in [5.41, 5.74) is 1.84. The minimum Gasteiger partial charge on any atom is -0.292 e. The van der Waals surface area contributed by atoms with Crippen molar-refractivity contribution in [2.45, 2.75) is 18.7 Å². The number of aromatic nitrogens is 1. The van der Waals surface area contributed by atoms with Crippen LogP contribution < -0.4 is 10.0 Å². The van der Waals surface area contributed by atoms with E-state index in [1.54, 1.807) is 24.3 Å². The van der Waals surface area contributed by atoms with Crippen LogP contribution in [0.1, 0.15) is 11.1 Å². The first-order valence-electron chi connectivity index (χ1n) is 6.20. The fourth-order valence-electron chi connectivity index (χ4n) is 1.64. The Morgan fingerprint density at radius 1 is 1.05 bits per heavy atom. The van der Waals surface area contributed by atoms with Crippen molar-refractivity contribution < 1.29 is 13.2 Å². The third kappa shape index (κ3) is 4.03. The minimum atomic E-state index is -3.90. The van der Waals surface area contributed by atoms with Crippen LogP contribution in [0.15, 0.2) is 47.5 Å². The second-order valence-electron chi connectivity index (χ2n) is 4.59. The van der Waals surface area contributed by atoms with E-state index >= 15 is 0 Å². The number of anilines is 1. The van der Waals surface area contributed by atoms with E-state index in [1.165, 1.54) is 18.3 Å². The first-order valence-corrected chi connectivity index (χ1v) is 7.68. The highest BCUT2D eigenvalue weighted by Crippen LogP contribution is 2.10. The molecule has 0 unspecified atom stereocenters. The molecule has 2 rings (SSSR count). The third-order valence-electron chi connectivity index (χ3n) is 2.72. The van der Waals surface area contributed by atoms with Crippen molar-refractivity contribution in [2.75, 3.05) is 5.32 Å². The lowest BCUT2D eigenvalue weighted by atomic mass is 10.2. The van der Waals surface area contributed by atoms with Gasteiger partial charge in [-0.15, -0.1) is 0 Å².